The van der Waals surface area contributed by atoms with Gasteiger partial charge in [0.15, 0.2) is 0 Å². The molecular weight excluding hydrogens is 220 g/mol. The third-order valence-corrected chi connectivity index (χ3v) is 3.11. The summed E-state index contributed by atoms with van der Waals surface area (Å²) in [4.78, 5) is 13.6. The Hall–Kier alpha value is -1.40. The molecule has 1 amide bonds. The molecule has 1 fully saturated rings. The molecule has 0 saturated carbocycles. The maximum absolute atomic E-state index is 11.8. The number of carbonyl (C=O) groups excluding carboxylic acids is 1. The van der Waals surface area contributed by atoms with Gasteiger partial charge in [-0.3, -0.25) is 9.48 Å². The highest BCUT2D eigenvalue weighted by molar-refractivity contribution is 5.81. The Morgan fingerprint density at radius 1 is 1.59 bits per heavy atom. The average Bonchev–Trinajstić information content (AvgIpc) is 2.95. The number of nitrogens with zero attached hydrogens (tertiary/aromatic N) is 3. The lowest BCUT2D eigenvalue weighted by atomic mass is 10.2. The lowest BCUT2D eigenvalue weighted by Gasteiger charge is -2.18. The molecule has 3 unspecified atom stereocenters. The molecule has 2 N–H and O–H groups in total. The maximum atomic E-state index is 11.8. The minimum Gasteiger partial charge on any atom is -0.377 e. The molecule has 2 heterocycles. The van der Waals surface area contributed by atoms with E-state index in [2.05, 4.69) is 5.10 Å². The van der Waals surface area contributed by atoms with E-state index in [1.54, 1.807) is 25.1 Å². The molecule has 3 atom stereocenters. The first-order valence-corrected chi connectivity index (χ1v) is 5.69. The Morgan fingerprint density at radius 2 is 2.35 bits per heavy atom. The molecule has 17 heavy (non-hydrogen) atoms. The molecule has 1 aromatic heterocycles. The van der Waals surface area contributed by atoms with E-state index in [9.17, 15) is 4.79 Å². The Morgan fingerprint density at radius 3 is 2.88 bits per heavy atom. The molecule has 0 aliphatic carbocycles. The largest absolute Gasteiger partial charge is 0.377 e. The van der Waals surface area contributed by atoms with Crippen LogP contribution < -0.4 is 5.73 Å². The molecule has 6 nitrogen and oxygen atoms in total. The van der Waals surface area contributed by atoms with Crippen LogP contribution in [0.5, 0.6) is 0 Å². The predicted octanol–water partition coefficient (Wildman–Crippen LogP) is -0.371. The number of aromatic nitrogens is 2. The molecule has 0 spiro atoms. The highest BCUT2D eigenvalue weighted by Crippen LogP contribution is 2.24. The smallest absolute Gasteiger partial charge is 0.239 e. The monoisotopic (exact) mass is 238 g/mol. The van der Waals surface area contributed by atoms with Crippen molar-refractivity contribution in [3.63, 3.8) is 0 Å². The summed E-state index contributed by atoms with van der Waals surface area (Å²) in [5.74, 6) is -0.0401. The van der Waals surface area contributed by atoms with Crippen LogP contribution in [-0.4, -0.2) is 52.9 Å². The molecule has 6 heteroatoms. The number of hydrogen-bond acceptors (Lipinski definition) is 4. The van der Waals surface area contributed by atoms with Gasteiger partial charge in [-0.05, 0) is 13.0 Å². The van der Waals surface area contributed by atoms with Crippen molar-refractivity contribution in [3.8, 4) is 0 Å². The van der Waals surface area contributed by atoms with Gasteiger partial charge in [0.05, 0.1) is 18.2 Å². The number of methoxy groups -OCH3 is 1. The van der Waals surface area contributed by atoms with Gasteiger partial charge in [0.2, 0.25) is 5.91 Å². The normalized spacial score (nSPS) is 26.2. The van der Waals surface area contributed by atoms with Gasteiger partial charge in [-0.25, -0.2) is 0 Å². The summed E-state index contributed by atoms with van der Waals surface area (Å²) < 4.78 is 7.25. The van der Waals surface area contributed by atoms with Gasteiger partial charge in [0.25, 0.3) is 0 Å². The number of likely N-dealkylation sites (tertiary alicyclic amines) is 1. The summed E-state index contributed by atoms with van der Waals surface area (Å²) in [7, 11) is 1.65. The molecule has 0 aromatic carbocycles. The number of carbonyl (C=O) groups is 1. The van der Waals surface area contributed by atoms with E-state index in [0.29, 0.717) is 13.1 Å². The van der Waals surface area contributed by atoms with Crippen LogP contribution in [0.3, 0.4) is 0 Å². The zero-order valence-electron chi connectivity index (χ0n) is 10.1. The fourth-order valence-electron chi connectivity index (χ4n) is 2.19. The van der Waals surface area contributed by atoms with Crippen LogP contribution >= 0.6 is 0 Å². The second kappa shape index (κ2) is 4.85. The van der Waals surface area contributed by atoms with E-state index in [4.69, 9.17) is 10.5 Å². The van der Waals surface area contributed by atoms with Crippen molar-refractivity contribution < 1.29 is 9.53 Å². The van der Waals surface area contributed by atoms with Gasteiger partial charge in [-0.1, -0.05) is 0 Å². The zero-order chi connectivity index (χ0) is 12.4. The van der Waals surface area contributed by atoms with Gasteiger partial charge < -0.3 is 15.4 Å². The van der Waals surface area contributed by atoms with Crippen molar-refractivity contribution >= 4 is 5.91 Å². The fraction of sp³-hybridized carbons (Fsp3) is 0.636. The van der Waals surface area contributed by atoms with Crippen molar-refractivity contribution in [2.75, 3.05) is 20.2 Å². The summed E-state index contributed by atoms with van der Waals surface area (Å²) in [6.45, 7) is 2.87. The number of nitrogens with two attached hydrogens (primary N) is 1. The highest BCUT2D eigenvalue weighted by atomic mass is 16.5. The molecule has 1 aromatic rings. The van der Waals surface area contributed by atoms with Crippen LogP contribution in [0.2, 0.25) is 0 Å². The number of hydrogen-bond donors (Lipinski definition) is 1. The first-order valence-electron chi connectivity index (χ1n) is 5.69. The molecule has 1 saturated heterocycles. The van der Waals surface area contributed by atoms with E-state index in [0.717, 1.165) is 0 Å². The molecular formula is C11H18N4O2. The first kappa shape index (κ1) is 12.1. The zero-order valence-corrected chi connectivity index (χ0v) is 10.1. The topological polar surface area (TPSA) is 73.4 Å². The van der Waals surface area contributed by atoms with Crippen LogP contribution in [0.15, 0.2) is 18.5 Å². The third-order valence-electron chi connectivity index (χ3n) is 3.11. The molecule has 0 bridgehead atoms. The average molecular weight is 238 g/mol. The maximum Gasteiger partial charge on any atom is 0.239 e. The number of ether oxygens (including phenoxy) is 1. The standard InChI is InChI=1S/C11H18N4O2/c1-8(12)11(16)14-6-9(10(7-14)17-2)15-5-3-4-13-15/h3-5,8-10H,6-7,12H2,1-2H3. The predicted molar refractivity (Wildman–Crippen MR) is 62.3 cm³/mol. The summed E-state index contributed by atoms with van der Waals surface area (Å²) >= 11 is 0. The first-order chi connectivity index (χ1) is 8.13. The second-order valence-corrected chi connectivity index (χ2v) is 4.36. The highest BCUT2D eigenvalue weighted by Gasteiger charge is 2.37. The van der Waals surface area contributed by atoms with E-state index in [1.807, 2.05) is 16.9 Å². The van der Waals surface area contributed by atoms with E-state index >= 15 is 0 Å². The van der Waals surface area contributed by atoms with Crippen molar-refractivity contribution in [2.45, 2.75) is 25.1 Å². The minimum absolute atomic E-state index is 0.0300. The van der Waals surface area contributed by atoms with E-state index < -0.39 is 6.04 Å². The summed E-state index contributed by atoms with van der Waals surface area (Å²) in [5.41, 5.74) is 5.61. The van der Waals surface area contributed by atoms with Crippen molar-refractivity contribution in [3.05, 3.63) is 18.5 Å². The van der Waals surface area contributed by atoms with Gasteiger partial charge in [-0.15, -0.1) is 0 Å². The molecule has 2 rings (SSSR count). The Kier molecular flexibility index (Phi) is 3.44. The lowest BCUT2D eigenvalue weighted by molar-refractivity contribution is -0.131. The Bertz CT molecular complexity index is 377. The van der Waals surface area contributed by atoms with Crippen LogP contribution in [0, 0.1) is 0 Å². The lowest BCUT2D eigenvalue weighted by Crippen LogP contribution is -2.41. The van der Waals surface area contributed by atoms with E-state index in [1.165, 1.54) is 0 Å². The van der Waals surface area contributed by atoms with Crippen LogP contribution in [-0.2, 0) is 9.53 Å². The molecule has 0 radical (unpaired) electrons. The summed E-state index contributed by atoms with van der Waals surface area (Å²) in [6, 6.07) is 1.46. The quantitative estimate of drug-likeness (QED) is 0.779. The Labute approximate surface area is 100 Å². The van der Waals surface area contributed by atoms with Crippen LogP contribution in [0.1, 0.15) is 13.0 Å². The van der Waals surface area contributed by atoms with Gasteiger partial charge in [-0.2, -0.15) is 5.10 Å². The van der Waals surface area contributed by atoms with Crippen molar-refractivity contribution in [1.82, 2.24) is 14.7 Å². The fourth-order valence-corrected chi connectivity index (χ4v) is 2.19. The molecule has 1 aliphatic heterocycles. The van der Waals surface area contributed by atoms with Gasteiger partial charge in [0, 0.05) is 32.6 Å². The third kappa shape index (κ3) is 2.32. The molecule has 94 valence electrons. The summed E-state index contributed by atoms with van der Waals surface area (Å²) in [5, 5.41) is 4.20. The van der Waals surface area contributed by atoms with E-state index in [-0.39, 0.29) is 18.1 Å². The summed E-state index contributed by atoms with van der Waals surface area (Å²) in [6.07, 6.45) is 3.58. The SMILES string of the molecule is COC1CN(C(=O)C(C)N)CC1n1cccn1. The van der Waals surface area contributed by atoms with Gasteiger partial charge in [0.1, 0.15) is 0 Å². The van der Waals surface area contributed by atoms with Gasteiger partial charge >= 0.3 is 0 Å². The van der Waals surface area contributed by atoms with Crippen molar-refractivity contribution in [2.24, 2.45) is 5.73 Å². The second-order valence-electron chi connectivity index (χ2n) is 4.36. The Balaban J connectivity index is 2.11. The molecule has 1 aliphatic rings. The number of rotatable bonds is 3. The van der Waals surface area contributed by atoms with Crippen LogP contribution in [0.25, 0.3) is 0 Å². The van der Waals surface area contributed by atoms with Crippen LogP contribution in [0.4, 0.5) is 0 Å². The minimum atomic E-state index is -0.469. The number of amides is 1. The van der Waals surface area contributed by atoms with Crippen molar-refractivity contribution in [1.29, 1.82) is 0 Å².